The lowest BCUT2D eigenvalue weighted by atomic mass is 10.0. The van der Waals surface area contributed by atoms with Crippen LogP contribution in [0.3, 0.4) is 0 Å². The minimum atomic E-state index is -1.15. The average molecular weight is 550 g/mol. The van der Waals surface area contributed by atoms with Gasteiger partial charge in [0.25, 0.3) is 0 Å². The van der Waals surface area contributed by atoms with Crippen LogP contribution in [0, 0.1) is 13.8 Å². The standard InChI is InChI=1S/C31H39N3O6/c1-8-38-30(37)31(6,7)40-28-20(2)14-24(15-21(28)3)16-34(17-27(36)32-22(4)18-35)23(5)26-19-39-29(33-26)25-12-10-9-11-13-25/h9-15,18-19,22-23H,8,16-17H2,1-7H3,(H,32,36). The van der Waals surface area contributed by atoms with Crippen LogP contribution in [0.15, 0.2) is 53.1 Å². The van der Waals surface area contributed by atoms with Crippen LogP contribution in [0.5, 0.6) is 5.75 Å². The molecule has 0 saturated heterocycles. The highest BCUT2D eigenvalue weighted by molar-refractivity contribution is 5.81. The minimum absolute atomic E-state index is 0.0408. The van der Waals surface area contributed by atoms with Gasteiger partial charge in [-0.15, -0.1) is 0 Å². The fourth-order valence-corrected chi connectivity index (χ4v) is 4.35. The van der Waals surface area contributed by atoms with Crippen molar-refractivity contribution < 1.29 is 28.3 Å². The number of aromatic nitrogens is 1. The summed E-state index contributed by atoms with van der Waals surface area (Å²) in [4.78, 5) is 43.0. The van der Waals surface area contributed by atoms with Crippen molar-refractivity contribution in [1.29, 1.82) is 0 Å². The monoisotopic (exact) mass is 549 g/mol. The van der Waals surface area contributed by atoms with Crippen molar-refractivity contribution in [3.63, 3.8) is 0 Å². The smallest absolute Gasteiger partial charge is 0.349 e. The van der Waals surface area contributed by atoms with Crippen molar-refractivity contribution in [3.8, 4) is 17.2 Å². The lowest BCUT2D eigenvalue weighted by molar-refractivity contribution is -0.158. The Morgan fingerprint density at radius 1 is 1.12 bits per heavy atom. The van der Waals surface area contributed by atoms with Crippen LogP contribution >= 0.6 is 0 Å². The summed E-state index contributed by atoms with van der Waals surface area (Å²) >= 11 is 0. The molecule has 1 heterocycles. The fourth-order valence-electron chi connectivity index (χ4n) is 4.35. The van der Waals surface area contributed by atoms with Gasteiger partial charge in [0.15, 0.2) is 5.60 Å². The third-order valence-corrected chi connectivity index (χ3v) is 6.49. The van der Waals surface area contributed by atoms with E-state index >= 15 is 0 Å². The van der Waals surface area contributed by atoms with Crippen LogP contribution in [0.4, 0.5) is 0 Å². The summed E-state index contributed by atoms with van der Waals surface area (Å²) in [5.74, 6) is 0.403. The van der Waals surface area contributed by atoms with Crippen molar-refractivity contribution in [2.45, 2.75) is 72.7 Å². The summed E-state index contributed by atoms with van der Waals surface area (Å²) in [5.41, 5.74) is 3.05. The number of nitrogens with one attached hydrogen (secondary N) is 1. The van der Waals surface area contributed by atoms with Gasteiger partial charge in [-0.25, -0.2) is 9.78 Å². The topological polar surface area (TPSA) is 111 Å². The van der Waals surface area contributed by atoms with Gasteiger partial charge in [-0.1, -0.05) is 30.3 Å². The third kappa shape index (κ3) is 7.79. The minimum Gasteiger partial charge on any atom is -0.476 e. The number of benzene rings is 2. The Labute approximate surface area is 235 Å². The number of hydrogen-bond donors (Lipinski definition) is 1. The number of aryl methyl sites for hydroxylation is 2. The van der Waals surface area contributed by atoms with Gasteiger partial charge in [-0.2, -0.15) is 0 Å². The molecule has 0 aliphatic rings. The highest BCUT2D eigenvalue weighted by Crippen LogP contribution is 2.31. The van der Waals surface area contributed by atoms with Crippen LogP contribution in [-0.2, 0) is 25.7 Å². The summed E-state index contributed by atoms with van der Waals surface area (Å²) in [5, 5.41) is 2.71. The molecule has 9 heteroatoms. The van der Waals surface area contributed by atoms with E-state index in [0.29, 0.717) is 30.2 Å². The summed E-state index contributed by atoms with van der Waals surface area (Å²) in [6, 6.07) is 12.7. The number of carbonyl (C=O) groups excluding carboxylic acids is 3. The van der Waals surface area contributed by atoms with Crippen LogP contribution in [-0.4, -0.2) is 52.8 Å². The molecule has 0 aliphatic carbocycles. The zero-order valence-corrected chi connectivity index (χ0v) is 24.3. The first-order valence-corrected chi connectivity index (χ1v) is 13.4. The molecule has 0 saturated carbocycles. The SMILES string of the molecule is CCOC(=O)C(C)(C)Oc1c(C)cc(CN(CC(=O)NC(C)C=O)C(C)c2coc(-c3ccccc3)n2)cc1C. The van der Waals surface area contributed by atoms with Gasteiger partial charge in [0.2, 0.25) is 11.8 Å². The molecular formula is C31H39N3O6. The largest absolute Gasteiger partial charge is 0.476 e. The van der Waals surface area contributed by atoms with E-state index in [9.17, 15) is 14.4 Å². The zero-order valence-electron chi connectivity index (χ0n) is 24.3. The highest BCUT2D eigenvalue weighted by atomic mass is 16.6. The third-order valence-electron chi connectivity index (χ3n) is 6.49. The molecular weight excluding hydrogens is 510 g/mol. The number of oxazole rings is 1. The Kier molecular flexibility index (Phi) is 10.2. The molecule has 0 spiro atoms. The Morgan fingerprint density at radius 3 is 2.38 bits per heavy atom. The lowest BCUT2D eigenvalue weighted by Gasteiger charge is -2.29. The van der Waals surface area contributed by atoms with E-state index in [1.807, 2.05) is 68.1 Å². The number of carbonyl (C=O) groups is 3. The van der Waals surface area contributed by atoms with E-state index in [1.54, 1.807) is 34.0 Å². The summed E-state index contributed by atoms with van der Waals surface area (Å²) < 4.78 is 17.0. The van der Waals surface area contributed by atoms with E-state index < -0.39 is 17.6 Å². The molecule has 214 valence electrons. The second-order valence-corrected chi connectivity index (χ2v) is 10.4. The second-order valence-electron chi connectivity index (χ2n) is 10.4. The summed E-state index contributed by atoms with van der Waals surface area (Å²) in [7, 11) is 0. The van der Waals surface area contributed by atoms with E-state index in [4.69, 9.17) is 13.9 Å². The number of hydrogen-bond acceptors (Lipinski definition) is 8. The van der Waals surface area contributed by atoms with Gasteiger partial charge in [-0.3, -0.25) is 9.69 Å². The molecule has 1 amide bonds. The maximum Gasteiger partial charge on any atom is 0.349 e. The first kappa shape index (κ1) is 30.6. The van der Waals surface area contributed by atoms with Crippen LogP contribution < -0.4 is 10.1 Å². The zero-order chi connectivity index (χ0) is 29.4. The second kappa shape index (κ2) is 13.4. The molecule has 3 rings (SSSR count). The number of esters is 1. The Hall–Kier alpha value is -3.98. The van der Waals surface area contributed by atoms with Crippen LogP contribution in [0.1, 0.15) is 63.0 Å². The fraction of sp³-hybridized carbons (Fsp3) is 0.419. The Balaban J connectivity index is 1.88. The number of rotatable bonds is 13. The van der Waals surface area contributed by atoms with Crippen molar-refractivity contribution in [2.24, 2.45) is 0 Å². The average Bonchev–Trinajstić information content (AvgIpc) is 3.41. The Morgan fingerprint density at radius 2 is 1.77 bits per heavy atom. The van der Waals surface area contributed by atoms with Crippen LogP contribution in [0.25, 0.3) is 11.5 Å². The molecule has 2 atom stereocenters. The molecule has 0 radical (unpaired) electrons. The molecule has 0 aliphatic heterocycles. The molecule has 0 bridgehead atoms. The molecule has 0 fully saturated rings. The van der Waals surface area contributed by atoms with E-state index in [-0.39, 0.29) is 25.1 Å². The van der Waals surface area contributed by atoms with Crippen molar-refractivity contribution in [3.05, 3.63) is 71.1 Å². The molecule has 2 unspecified atom stereocenters. The molecule has 3 aromatic rings. The molecule has 40 heavy (non-hydrogen) atoms. The number of aldehydes is 1. The molecule has 2 aromatic carbocycles. The number of nitrogens with zero attached hydrogens (tertiary/aromatic N) is 2. The summed E-state index contributed by atoms with van der Waals surface area (Å²) in [6.07, 6.45) is 2.30. The van der Waals surface area contributed by atoms with E-state index in [1.165, 1.54) is 0 Å². The maximum absolute atomic E-state index is 12.8. The van der Waals surface area contributed by atoms with Gasteiger partial charge >= 0.3 is 5.97 Å². The quantitative estimate of drug-likeness (QED) is 0.236. The van der Waals surface area contributed by atoms with Crippen molar-refractivity contribution >= 4 is 18.2 Å². The summed E-state index contributed by atoms with van der Waals surface area (Å²) in [6.45, 7) is 13.3. The Bertz CT molecular complexity index is 1290. The van der Waals surface area contributed by atoms with Gasteiger partial charge < -0.3 is 24.0 Å². The highest BCUT2D eigenvalue weighted by Gasteiger charge is 2.33. The van der Waals surface area contributed by atoms with Gasteiger partial charge in [-0.05, 0) is 77.3 Å². The van der Waals surface area contributed by atoms with E-state index in [2.05, 4.69) is 10.3 Å². The van der Waals surface area contributed by atoms with Gasteiger partial charge in [0, 0.05) is 12.1 Å². The lowest BCUT2D eigenvalue weighted by Crippen LogP contribution is -2.42. The molecule has 9 nitrogen and oxygen atoms in total. The van der Waals surface area contributed by atoms with Crippen molar-refractivity contribution in [1.82, 2.24) is 15.2 Å². The molecule has 1 aromatic heterocycles. The number of ether oxygens (including phenoxy) is 2. The first-order chi connectivity index (χ1) is 18.9. The maximum atomic E-state index is 12.8. The first-order valence-electron chi connectivity index (χ1n) is 13.4. The van der Waals surface area contributed by atoms with Crippen molar-refractivity contribution in [2.75, 3.05) is 13.2 Å². The van der Waals surface area contributed by atoms with E-state index in [0.717, 1.165) is 22.3 Å². The van der Waals surface area contributed by atoms with Gasteiger partial charge in [0.1, 0.15) is 18.3 Å². The number of amides is 1. The predicted molar refractivity (Wildman–Crippen MR) is 152 cm³/mol. The predicted octanol–water partition coefficient (Wildman–Crippen LogP) is 4.95. The normalized spacial score (nSPS) is 13.0. The van der Waals surface area contributed by atoms with Crippen LogP contribution in [0.2, 0.25) is 0 Å². The van der Waals surface area contributed by atoms with Gasteiger partial charge in [0.05, 0.1) is 30.9 Å². The molecule has 1 N–H and O–H groups in total.